The fourth-order valence-electron chi connectivity index (χ4n) is 1.39. The highest BCUT2D eigenvalue weighted by molar-refractivity contribution is 7.09. The summed E-state index contributed by atoms with van der Waals surface area (Å²) in [6.07, 6.45) is 6.59. The van der Waals surface area contributed by atoms with Crippen molar-refractivity contribution in [3.8, 4) is 0 Å². The van der Waals surface area contributed by atoms with Gasteiger partial charge in [0.2, 0.25) is 5.95 Å². The number of thiazole rings is 1. The van der Waals surface area contributed by atoms with Crippen molar-refractivity contribution >= 4 is 17.3 Å². The quantitative estimate of drug-likeness (QED) is 0.841. The normalized spacial score (nSPS) is 10.5. The molecule has 0 aliphatic rings. The summed E-state index contributed by atoms with van der Waals surface area (Å²) >= 11 is 1.69. The first-order valence-corrected chi connectivity index (χ1v) is 5.91. The van der Waals surface area contributed by atoms with Crippen LogP contribution < -0.4 is 5.32 Å². The Balaban J connectivity index is 1.83. The molecule has 0 radical (unpaired) electrons. The number of aromatic nitrogens is 3. The molecule has 5 heteroatoms. The van der Waals surface area contributed by atoms with Crippen molar-refractivity contribution in [1.82, 2.24) is 14.5 Å². The van der Waals surface area contributed by atoms with Gasteiger partial charge in [-0.05, 0) is 6.92 Å². The minimum absolute atomic E-state index is 0.879. The van der Waals surface area contributed by atoms with Crippen molar-refractivity contribution in [2.45, 2.75) is 19.9 Å². The molecule has 4 nitrogen and oxygen atoms in total. The van der Waals surface area contributed by atoms with E-state index in [9.17, 15) is 0 Å². The van der Waals surface area contributed by atoms with Crippen LogP contribution in [0.1, 0.15) is 11.9 Å². The molecule has 0 aromatic carbocycles. The summed E-state index contributed by atoms with van der Waals surface area (Å²) in [6.45, 7) is 3.93. The molecule has 1 N–H and O–H groups in total. The minimum atomic E-state index is 0.879. The van der Waals surface area contributed by atoms with Crippen LogP contribution in [0.15, 0.2) is 24.0 Å². The second-order valence-electron chi connectivity index (χ2n) is 3.14. The fourth-order valence-corrected chi connectivity index (χ4v) is 2.01. The molecular formula is C10H14N4S. The number of imidazole rings is 1. The molecule has 0 unspecified atom stereocenters. The van der Waals surface area contributed by atoms with Crippen LogP contribution in [0.4, 0.5) is 5.95 Å². The maximum Gasteiger partial charge on any atom is 0.202 e. The molecule has 80 valence electrons. The van der Waals surface area contributed by atoms with Crippen molar-refractivity contribution in [2.24, 2.45) is 0 Å². The van der Waals surface area contributed by atoms with E-state index >= 15 is 0 Å². The van der Waals surface area contributed by atoms with E-state index in [0.717, 1.165) is 30.5 Å². The average molecular weight is 222 g/mol. The van der Waals surface area contributed by atoms with Gasteiger partial charge in [-0.25, -0.2) is 9.97 Å². The Hall–Kier alpha value is -1.36. The Bertz CT molecular complexity index is 393. The predicted octanol–water partition coefficient (Wildman–Crippen LogP) is 2.01. The third-order valence-electron chi connectivity index (χ3n) is 2.16. The Kier molecular flexibility index (Phi) is 3.34. The highest BCUT2D eigenvalue weighted by Crippen LogP contribution is 2.07. The Morgan fingerprint density at radius 1 is 1.40 bits per heavy atom. The molecule has 0 atom stereocenters. The maximum atomic E-state index is 4.24. The van der Waals surface area contributed by atoms with Crippen LogP contribution in [-0.4, -0.2) is 21.1 Å². The fraction of sp³-hybridized carbons (Fsp3) is 0.400. The summed E-state index contributed by atoms with van der Waals surface area (Å²) in [6, 6.07) is 0. The summed E-state index contributed by atoms with van der Waals surface area (Å²) in [5.74, 6) is 0.939. The van der Waals surface area contributed by atoms with Gasteiger partial charge >= 0.3 is 0 Å². The van der Waals surface area contributed by atoms with Gasteiger partial charge in [0.05, 0.1) is 5.01 Å². The first-order chi connectivity index (χ1) is 7.40. The largest absolute Gasteiger partial charge is 0.355 e. The van der Waals surface area contributed by atoms with E-state index in [2.05, 4.69) is 26.8 Å². The van der Waals surface area contributed by atoms with Crippen LogP contribution in [0.3, 0.4) is 0 Å². The Labute approximate surface area is 93.0 Å². The summed E-state index contributed by atoms with van der Waals surface area (Å²) in [5.41, 5.74) is 0. The number of hydrogen-bond donors (Lipinski definition) is 1. The molecule has 0 spiro atoms. The smallest absolute Gasteiger partial charge is 0.202 e. The van der Waals surface area contributed by atoms with Crippen LogP contribution >= 0.6 is 11.3 Å². The molecule has 15 heavy (non-hydrogen) atoms. The lowest BCUT2D eigenvalue weighted by atomic mass is 10.4. The zero-order chi connectivity index (χ0) is 10.5. The van der Waals surface area contributed by atoms with Crippen molar-refractivity contribution in [3.05, 3.63) is 29.0 Å². The molecule has 2 rings (SSSR count). The monoisotopic (exact) mass is 222 g/mol. The lowest BCUT2D eigenvalue weighted by molar-refractivity contribution is 0.762. The maximum absolute atomic E-state index is 4.24. The van der Waals surface area contributed by atoms with Crippen LogP contribution in [-0.2, 0) is 13.0 Å². The topological polar surface area (TPSA) is 42.7 Å². The van der Waals surface area contributed by atoms with Gasteiger partial charge in [0.25, 0.3) is 0 Å². The van der Waals surface area contributed by atoms with E-state index in [1.807, 2.05) is 24.0 Å². The first-order valence-electron chi connectivity index (χ1n) is 5.03. The standard InChI is InChI=1S/C10H14N4S/c1-2-14-7-5-13-10(14)12-4-3-9-11-6-8-15-9/h5-8H,2-4H2,1H3,(H,12,13). The minimum Gasteiger partial charge on any atom is -0.355 e. The third-order valence-corrected chi connectivity index (χ3v) is 3.00. The van der Waals surface area contributed by atoms with Crippen LogP contribution in [0.25, 0.3) is 0 Å². The number of nitrogens with zero attached hydrogens (tertiary/aromatic N) is 3. The summed E-state index contributed by atoms with van der Waals surface area (Å²) in [5, 5.41) is 6.47. The van der Waals surface area contributed by atoms with Crippen molar-refractivity contribution in [1.29, 1.82) is 0 Å². The molecule has 2 aromatic rings. The molecule has 0 saturated carbocycles. The van der Waals surface area contributed by atoms with E-state index in [1.54, 1.807) is 11.3 Å². The number of nitrogens with one attached hydrogen (secondary N) is 1. The highest BCUT2D eigenvalue weighted by atomic mass is 32.1. The van der Waals surface area contributed by atoms with E-state index < -0.39 is 0 Å². The lowest BCUT2D eigenvalue weighted by Crippen LogP contribution is -2.09. The Morgan fingerprint density at radius 3 is 3.07 bits per heavy atom. The van der Waals surface area contributed by atoms with Gasteiger partial charge < -0.3 is 9.88 Å². The number of hydrogen-bond acceptors (Lipinski definition) is 4. The molecular weight excluding hydrogens is 208 g/mol. The molecule has 0 aliphatic heterocycles. The third kappa shape index (κ3) is 2.56. The summed E-state index contributed by atoms with van der Waals surface area (Å²) in [4.78, 5) is 8.47. The van der Waals surface area contributed by atoms with E-state index in [0.29, 0.717) is 0 Å². The van der Waals surface area contributed by atoms with Crippen molar-refractivity contribution < 1.29 is 0 Å². The van der Waals surface area contributed by atoms with Crippen LogP contribution in [0.5, 0.6) is 0 Å². The van der Waals surface area contributed by atoms with Crippen LogP contribution in [0, 0.1) is 0 Å². The summed E-state index contributed by atoms with van der Waals surface area (Å²) in [7, 11) is 0. The molecule has 0 aliphatic carbocycles. The van der Waals surface area contributed by atoms with Crippen LogP contribution in [0.2, 0.25) is 0 Å². The molecule has 0 fully saturated rings. The van der Waals surface area contributed by atoms with Gasteiger partial charge in [-0.2, -0.15) is 0 Å². The van der Waals surface area contributed by atoms with E-state index in [1.165, 1.54) is 0 Å². The molecule has 0 saturated heterocycles. The van der Waals surface area contributed by atoms with Gasteiger partial charge in [0, 0.05) is 43.5 Å². The van der Waals surface area contributed by atoms with Gasteiger partial charge in [-0.1, -0.05) is 0 Å². The zero-order valence-electron chi connectivity index (χ0n) is 8.68. The van der Waals surface area contributed by atoms with Gasteiger partial charge in [-0.3, -0.25) is 0 Å². The van der Waals surface area contributed by atoms with Crippen molar-refractivity contribution in [2.75, 3.05) is 11.9 Å². The van der Waals surface area contributed by atoms with Gasteiger partial charge in [-0.15, -0.1) is 11.3 Å². The molecule has 0 bridgehead atoms. The number of rotatable bonds is 5. The SMILES string of the molecule is CCn1ccnc1NCCc1nccs1. The molecule has 2 aromatic heterocycles. The second kappa shape index (κ2) is 4.93. The number of anilines is 1. The molecule has 0 amide bonds. The zero-order valence-corrected chi connectivity index (χ0v) is 9.50. The molecule has 2 heterocycles. The van der Waals surface area contributed by atoms with E-state index in [4.69, 9.17) is 0 Å². The average Bonchev–Trinajstić information content (AvgIpc) is 2.88. The van der Waals surface area contributed by atoms with E-state index in [-0.39, 0.29) is 0 Å². The number of aryl methyl sites for hydroxylation is 1. The predicted molar refractivity (Wildman–Crippen MR) is 62.2 cm³/mol. The second-order valence-corrected chi connectivity index (χ2v) is 4.12. The highest BCUT2D eigenvalue weighted by Gasteiger charge is 2.00. The Morgan fingerprint density at radius 2 is 2.33 bits per heavy atom. The summed E-state index contributed by atoms with van der Waals surface area (Å²) < 4.78 is 2.09. The van der Waals surface area contributed by atoms with Crippen molar-refractivity contribution in [3.63, 3.8) is 0 Å². The van der Waals surface area contributed by atoms with Gasteiger partial charge in [0.1, 0.15) is 0 Å². The lowest BCUT2D eigenvalue weighted by Gasteiger charge is -2.06. The van der Waals surface area contributed by atoms with Gasteiger partial charge in [0.15, 0.2) is 0 Å². The first kappa shape index (κ1) is 10.2.